The van der Waals surface area contributed by atoms with Crippen molar-refractivity contribution in [1.29, 1.82) is 0 Å². The molecule has 0 bridgehead atoms. The summed E-state index contributed by atoms with van der Waals surface area (Å²) in [5.41, 5.74) is 1.38. The molecule has 0 unspecified atom stereocenters. The molecular weight excluding hydrogens is 712 g/mol. The first-order chi connectivity index (χ1) is 27.2. The Hall–Kier alpha value is -1.46. The normalized spacial score (nSPS) is 11.6. The fourth-order valence-corrected chi connectivity index (χ4v) is 4.90. The third-order valence-electron chi connectivity index (χ3n) is 7.89. The van der Waals surface area contributed by atoms with Crippen LogP contribution in [-0.4, -0.2) is 165 Å². The highest BCUT2D eigenvalue weighted by Gasteiger charge is 2.00. The molecule has 0 amide bonds. The molecule has 0 atom stereocenters. The van der Waals surface area contributed by atoms with E-state index in [1.54, 1.807) is 0 Å². The maximum Gasteiger partial charge on any atom is 0.119 e. The Kier molecular flexibility index (Phi) is 40.9. The minimum Gasteiger partial charge on any atom is -0.491 e. The fourth-order valence-electron chi connectivity index (χ4n) is 4.90. The largest absolute Gasteiger partial charge is 0.491 e. The van der Waals surface area contributed by atoms with Crippen molar-refractivity contribution in [1.82, 2.24) is 0 Å². The van der Waals surface area contributed by atoms with Crippen LogP contribution < -0.4 is 4.74 Å². The number of hydrogen-bond donors (Lipinski definition) is 0. The van der Waals surface area contributed by atoms with Crippen LogP contribution in [0.15, 0.2) is 24.3 Å². The van der Waals surface area contributed by atoms with Gasteiger partial charge in [0, 0.05) is 0 Å². The Morgan fingerprint density at radius 2 is 0.636 bits per heavy atom. The van der Waals surface area contributed by atoms with Crippen LogP contribution in [-0.2, 0) is 63.3 Å². The summed E-state index contributed by atoms with van der Waals surface area (Å²) in [7, 11) is 0. The second-order valence-electron chi connectivity index (χ2n) is 13.0. The molecule has 13 nitrogen and oxygen atoms in total. The Morgan fingerprint density at radius 1 is 0.345 bits per heavy atom. The van der Waals surface area contributed by atoms with Crippen molar-refractivity contribution in [3.05, 3.63) is 29.8 Å². The first-order valence-corrected chi connectivity index (χ1v) is 20.9. The molecule has 0 spiro atoms. The van der Waals surface area contributed by atoms with Gasteiger partial charge in [0.05, 0.1) is 158 Å². The molecule has 1 aromatic carbocycles. The summed E-state index contributed by atoms with van der Waals surface area (Å²) in [6.07, 6.45) is 10.7. The second kappa shape index (κ2) is 43.7. The minimum absolute atomic E-state index is 0.230. The Bertz CT molecular complexity index is 862. The van der Waals surface area contributed by atoms with E-state index in [4.69, 9.17) is 61.6 Å². The van der Waals surface area contributed by atoms with E-state index in [9.17, 15) is 0 Å². The minimum atomic E-state index is 0.230. The number of aryl methyl sites for hydroxylation is 1. The number of ether oxygens (including phenoxy) is 13. The van der Waals surface area contributed by atoms with E-state index in [-0.39, 0.29) is 6.10 Å². The van der Waals surface area contributed by atoms with Crippen LogP contribution in [0.3, 0.4) is 0 Å². The number of unbranched alkanes of at least 4 members (excludes halogenated alkanes) is 6. The Balaban J connectivity index is 1.67. The lowest BCUT2D eigenvalue weighted by atomic mass is 10.0. The zero-order valence-corrected chi connectivity index (χ0v) is 34.8. The highest BCUT2D eigenvalue weighted by Crippen LogP contribution is 2.15. The standard InChI is InChI=1S/C42H78O13/c1-4-5-6-7-8-9-10-11-41-12-14-42(15-13-41)55-39-37-53-35-33-51-31-29-49-27-25-47-23-21-45-19-17-43-16-18-44-20-22-46-24-26-48-28-30-50-32-34-52-36-38-54-40(2)3/h12-15,40H,4-11,16-39H2,1-3H3. The molecule has 0 saturated carbocycles. The lowest BCUT2D eigenvalue weighted by Crippen LogP contribution is -2.15. The fraction of sp³-hybridized carbons (Fsp3) is 0.857. The van der Waals surface area contributed by atoms with Crippen molar-refractivity contribution in [2.75, 3.05) is 159 Å². The van der Waals surface area contributed by atoms with Crippen molar-refractivity contribution in [3.63, 3.8) is 0 Å². The molecular formula is C42H78O13. The molecule has 324 valence electrons. The molecule has 0 saturated heterocycles. The highest BCUT2D eigenvalue weighted by molar-refractivity contribution is 5.27. The molecule has 1 aromatic rings. The summed E-state index contributed by atoms with van der Waals surface area (Å²) in [6.45, 7) is 18.9. The molecule has 0 aliphatic carbocycles. The monoisotopic (exact) mass is 791 g/mol. The maximum atomic E-state index is 5.79. The Labute approximate surface area is 333 Å². The zero-order valence-electron chi connectivity index (χ0n) is 34.8. The SMILES string of the molecule is CCCCCCCCCc1ccc(OCCOCCOCCOCCOCCOCCOCCOCCOCCOCCOCCOCCOC(C)C)cc1. The van der Waals surface area contributed by atoms with Gasteiger partial charge in [-0.1, -0.05) is 57.6 Å². The second-order valence-corrected chi connectivity index (χ2v) is 13.0. The summed E-state index contributed by atoms with van der Waals surface area (Å²) < 4.78 is 71.8. The highest BCUT2D eigenvalue weighted by atomic mass is 16.6. The molecule has 13 heteroatoms. The van der Waals surface area contributed by atoms with Crippen molar-refractivity contribution in [3.8, 4) is 5.75 Å². The first-order valence-electron chi connectivity index (χ1n) is 20.9. The van der Waals surface area contributed by atoms with Gasteiger partial charge in [0.2, 0.25) is 0 Å². The summed E-state index contributed by atoms with van der Waals surface area (Å²) in [4.78, 5) is 0. The molecule has 0 aliphatic rings. The third kappa shape index (κ3) is 40.5. The molecule has 0 heterocycles. The first kappa shape index (κ1) is 51.6. The number of hydrogen-bond acceptors (Lipinski definition) is 13. The van der Waals surface area contributed by atoms with Crippen LogP contribution >= 0.6 is 0 Å². The molecule has 0 aliphatic heterocycles. The van der Waals surface area contributed by atoms with Gasteiger partial charge in [-0.25, -0.2) is 0 Å². The molecule has 55 heavy (non-hydrogen) atoms. The summed E-state index contributed by atoms with van der Waals surface area (Å²) in [6, 6.07) is 8.46. The molecule has 0 fully saturated rings. The Morgan fingerprint density at radius 3 is 0.964 bits per heavy atom. The third-order valence-corrected chi connectivity index (χ3v) is 7.89. The quantitative estimate of drug-likeness (QED) is 0.0723. The van der Waals surface area contributed by atoms with E-state index in [1.807, 2.05) is 13.8 Å². The van der Waals surface area contributed by atoms with Gasteiger partial charge in [-0.15, -0.1) is 0 Å². The maximum absolute atomic E-state index is 5.79. The van der Waals surface area contributed by atoms with Crippen LogP contribution in [0, 0.1) is 0 Å². The van der Waals surface area contributed by atoms with Crippen LogP contribution in [0.5, 0.6) is 5.75 Å². The van der Waals surface area contributed by atoms with Crippen LogP contribution in [0.25, 0.3) is 0 Å². The van der Waals surface area contributed by atoms with E-state index < -0.39 is 0 Å². The van der Waals surface area contributed by atoms with Gasteiger partial charge in [0.1, 0.15) is 12.4 Å². The summed E-state index contributed by atoms with van der Waals surface area (Å²) in [5.74, 6) is 0.886. The van der Waals surface area contributed by atoms with Crippen LogP contribution in [0.1, 0.15) is 71.3 Å². The predicted octanol–water partition coefficient (Wildman–Crippen LogP) is 5.97. The van der Waals surface area contributed by atoms with E-state index in [0.717, 1.165) is 12.2 Å². The van der Waals surface area contributed by atoms with Crippen LogP contribution in [0.4, 0.5) is 0 Å². The zero-order chi connectivity index (χ0) is 39.4. The van der Waals surface area contributed by atoms with Gasteiger partial charge in [0.25, 0.3) is 0 Å². The topological polar surface area (TPSA) is 120 Å². The van der Waals surface area contributed by atoms with E-state index >= 15 is 0 Å². The van der Waals surface area contributed by atoms with Crippen molar-refractivity contribution >= 4 is 0 Å². The van der Waals surface area contributed by atoms with Crippen LogP contribution in [0.2, 0.25) is 0 Å². The van der Waals surface area contributed by atoms with E-state index in [2.05, 4.69) is 31.2 Å². The average Bonchev–Trinajstić information content (AvgIpc) is 3.19. The predicted molar refractivity (Wildman–Crippen MR) is 214 cm³/mol. The molecule has 1 rings (SSSR count). The van der Waals surface area contributed by atoms with Gasteiger partial charge in [-0.3, -0.25) is 0 Å². The smallest absolute Gasteiger partial charge is 0.119 e. The average molecular weight is 791 g/mol. The van der Waals surface area contributed by atoms with Gasteiger partial charge >= 0.3 is 0 Å². The number of rotatable bonds is 46. The van der Waals surface area contributed by atoms with E-state index in [1.165, 1.54) is 50.5 Å². The van der Waals surface area contributed by atoms with E-state index in [0.29, 0.717) is 159 Å². The van der Waals surface area contributed by atoms with Gasteiger partial charge in [0.15, 0.2) is 0 Å². The molecule has 0 N–H and O–H groups in total. The summed E-state index contributed by atoms with van der Waals surface area (Å²) >= 11 is 0. The van der Waals surface area contributed by atoms with Gasteiger partial charge in [-0.2, -0.15) is 0 Å². The van der Waals surface area contributed by atoms with Crippen molar-refractivity contribution in [2.24, 2.45) is 0 Å². The number of benzene rings is 1. The molecule has 0 aromatic heterocycles. The lowest BCUT2D eigenvalue weighted by molar-refractivity contribution is -0.0294. The summed E-state index contributed by atoms with van der Waals surface area (Å²) in [5, 5.41) is 0. The van der Waals surface area contributed by atoms with Crippen molar-refractivity contribution < 1.29 is 61.6 Å². The molecule has 0 radical (unpaired) electrons. The van der Waals surface area contributed by atoms with Gasteiger partial charge in [-0.05, 0) is 44.4 Å². The lowest BCUT2D eigenvalue weighted by Gasteiger charge is -2.09. The van der Waals surface area contributed by atoms with Gasteiger partial charge < -0.3 is 61.6 Å². The van der Waals surface area contributed by atoms with Crippen molar-refractivity contribution in [2.45, 2.75) is 78.2 Å².